The van der Waals surface area contributed by atoms with E-state index >= 15 is 0 Å². The topological polar surface area (TPSA) is 55.1 Å². The van der Waals surface area contributed by atoms with Gasteiger partial charge in [0.15, 0.2) is 5.76 Å². The van der Waals surface area contributed by atoms with E-state index < -0.39 is 0 Å². The highest BCUT2D eigenvalue weighted by Gasteiger charge is 2.11. The molecule has 2 aromatic heterocycles. The van der Waals surface area contributed by atoms with Gasteiger partial charge >= 0.3 is 0 Å². The Balaban J connectivity index is 1.72. The van der Waals surface area contributed by atoms with Gasteiger partial charge in [-0.05, 0) is 23.8 Å². The molecule has 3 aromatic rings. The molecule has 1 aromatic carbocycles. The van der Waals surface area contributed by atoms with Crippen LogP contribution < -0.4 is 5.32 Å². The van der Waals surface area contributed by atoms with Crippen LogP contribution >= 0.6 is 11.3 Å². The molecule has 3 rings (SSSR count). The van der Waals surface area contributed by atoms with Crippen molar-refractivity contribution < 1.29 is 13.6 Å². The second kappa shape index (κ2) is 6.75. The molecule has 0 spiro atoms. The van der Waals surface area contributed by atoms with Gasteiger partial charge in [0.25, 0.3) is 0 Å². The molecule has 0 radical (unpaired) electrons. The molecule has 0 unspecified atom stereocenters. The van der Waals surface area contributed by atoms with Crippen LogP contribution in [0, 0.1) is 5.82 Å². The number of rotatable bonds is 5. The van der Waals surface area contributed by atoms with Crippen LogP contribution in [0.3, 0.4) is 0 Å². The quantitative estimate of drug-likeness (QED) is 0.775. The summed E-state index contributed by atoms with van der Waals surface area (Å²) >= 11 is 1.47. The summed E-state index contributed by atoms with van der Waals surface area (Å²) in [5.41, 5.74) is 1.34. The lowest BCUT2D eigenvalue weighted by atomic mass is 10.1. The van der Waals surface area contributed by atoms with Crippen LogP contribution in [0.1, 0.15) is 23.3 Å². The van der Waals surface area contributed by atoms with Crippen LogP contribution in [0.25, 0.3) is 11.5 Å². The van der Waals surface area contributed by atoms with Crippen LogP contribution in [-0.4, -0.2) is 10.9 Å². The first kappa shape index (κ1) is 15.4. The summed E-state index contributed by atoms with van der Waals surface area (Å²) < 4.78 is 19.3. The Morgan fingerprint density at radius 2 is 2.13 bits per heavy atom. The van der Waals surface area contributed by atoms with Gasteiger partial charge in [0.2, 0.25) is 5.91 Å². The molecule has 0 aliphatic heterocycles. The van der Waals surface area contributed by atoms with Gasteiger partial charge in [-0.15, -0.1) is 11.3 Å². The minimum Gasteiger partial charge on any atom is -0.458 e. The lowest BCUT2D eigenvalue weighted by Gasteiger charge is -1.99. The van der Waals surface area contributed by atoms with Gasteiger partial charge in [-0.25, -0.2) is 9.37 Å². The maximum Gasteiger partial charge on any atom is 0.217 e. The Kier molecular flexibility index (Phi) is 4.52. The third kappa shape index (κ3) is 3.84. The van der Waals surface area contributed by atoms with E-state index in [-0.39, 0.29) is 11.7 Å². The molecule has 1 amide bonds. The zero-order chi connectivity index (χ0) is 16.2. The van der Waals surface area contributed by atoms with Gasteiger partial charge < -0.3 is 9.73 Å². The lowest BCUT2D eigenvalue weighted by Crippen LogP contribution is -2.18. The molecule has 1 N–H and O–H groups in total. The number of thiazole rings is 1. The number of carbonyl (C=O) groups excluding carboxylic acids is 1. The molecule has 0 atom stereocenters. The number of nitrogens with one attached hydrogen (secondary N) is 1. The van der Waals surface area contributed by atoms with Crippen LogP contribution in [0.15, 0.2) is 46.2 Å². The third-order valence-corrected chi connectivity index (χ3v) is 4.13. The first-order valence-corrected chi connectivity index (χ1v) is 8.01. The zero-order valence-corrected chi connectivity index (χ0v) is 13.3. The number of furan rings is 1. The van der Waals surface area contributed by atoms with Gasteiger partial charge in [-0.3, -0.25) is 4.79 Å². The van der Waals surface area contributed by atoms with Crippen molar-refractivity contribution in [2.24, 2.45) is 0 Å². The summed E-state index contributed by atoms with van der Waals surface area (Å²) in [6.07, 6.45) is 0.455. The van der Waals surface area contributed by atoms with Crippen LogP contribution in [0.4, 0.5) is 4.39 Å². The molecule has 0 saturated heterocycles. The van der Waals surface area contributed by atoms with Gasteiger partial charge in [0, 0.05) is 18.7 Å². The Morgan fingerprint density at radius 1 is 1.30 bits per heavy atom. The fourth-order valence-corrected chi connectivity index (χ4v) is 2.94. The fourth-order valence-electron chi connectivity index (χ4n) is 2.13. The van der Waals surface area contributed by atoms with Crippen LogP contribution in [-0.2, 0) is 17.8 Å². The van der Waals surface area contributed by atoms with Gasteiger partial charge in [0.05, 0.1) is 11.6 Å². The van der Waals surface area contributed by atoms with Gasteiger partial charge in [-0.1, -0.05) is 18.2 Å². The first-order chi connectivity index (χ1) is 11.1. The van der Waals surface area contributed by atoms with E-state index in [0.29, 0.717) is 30.0 Å². The Hall–Kier alpha value is -2.47. The molecule has 2 heterocycles. The summed E-state index contributed by atoms with van der Waals surface area (Å²) in [5, 5.41) is 5.39. The molecule has 6 heteroatoms. The molecule has 23 heavy (non-hydrogen) atoms. The van der Waals surface area contributed by atoms with E-state index in [1.54, 1.807) is 18.2 Å². The number of nitrogens with zero attached hydrogens (tertiary/aromatic N) is 1. The number of aromatic nitrogens is 1. The summed E-state index contributed by atoms with van der Waals surface area (Å²) in [5.74, 6) is 0.976. The molecule has 0 aliphatic rings. The van der Waals surface area contributed by atoms with Crippen molar-refractivity contribution in [1.82, 2.24) is 10.3 Å². The van der Waals surface area contributed by atoms with Crippen LogP contribution in [0.5, 0.6) is 0 Å². The van der Waals surface area contributed by atoms with Crippen LogP contribution in [0.2, 0.25) is 0 Å². The molecule has 0 aliphatic carbocycles. The monoisotopic (exact) mass is 330 g/mol. The highest BCUT2D eigenvalue weighted by atomic mass is 32.1. The van der Waals surface area contributed by atoms with Crippen molar-refractivity contribution in [2.45, 2.75) is 19.9 Å². The van der Waals surface area contributed by atoms with E-state index in [9.17, 15) is 9.18 Å². The number of benzene rings is 1. The van der Waals surface area contributed by atoms with Gasteiger partial charge in [0.1, 0.15) is 17.3 Å². The van der Waals surface area contributed by atoms with E-state index in [1.165, 1.54) is 24.3 Å². The van der Waals surface area contributed by atoms with Crippen molar-refractivity contribution in [2.75, 3.05) is 0 Å². The maximum atomic E-state index is 13.7. The molecular formula is C17H15FN2O2S. The van der Waals surface area contributed by atoms with E-state index in [1.807, 2.05) is 17.5 Å². The van der Waals surface area contributed by atoms with Gasteiger partial charge in [-0.2, -0.15) is 0 Å². The summed E-state index contributed by atoms with van der Waals surface area (Å²) in [6, 6.07) is 10.3. The second-order valence-corrected chi connectivity index (χ2v) is 6.01. The highest BCUT2D eigenvalue weighted by Crippen LogP contribution is 2.25. The minimum atomic E-state index is -0.222. The number of amides is 1. The largest absolute Gasteiger partial charge is 0.458 e. The number of hydrogen-bond donors (Lipinski definition) is 1. The summed E-state index contributed by atoms with van der Waals surface area (Å²) in [7, 11) is 0. The fraction of sp³-hybridized carbons (Fsp3) is 0.176. The summed E-state index contributed by atoms with van der Waals surface area (Å²) in [6.45, 7) is 1.81. The standard InChI is InChI=1S/C17H15FN2O2S/c1-11(21)19-9-13-6-7-16(22-13)15-10-23-17(20-15)8-12-4-2-3-5-14(12)18/h2-7,10H,8-9H2,1H3,(H,19,21). The number of hydrogen-bond acceptors (Lipinski definition) is 4. The van der Waals surface area contributed by atoms with E-state index in [4.69, 9.17) is 4.42 Å². The van der Waals surface area contributed by atoms with E-state index in [0.717, 1.165) is 10.7 Å². The van der Waals surface area contributed by atoms with Crippen molar-refractivity contribution in [3.05, 3.63) is 63.9 Å². The first-order valence-electron chi connectivity index (χ1n) is 7.13. The van der Waals surface area contributed by atoms with Crippen molar-refractivity contribution in [1.29, 1.82) is 0 Å². The highest BCUT2D eigenvalue weighted by molar-refractivity contribution is 7.10. The second-order valence-electron chi connectivity index (χ2n) is 5.07. The Bertz CT molecular complexity index is 825. The third-order valence-electron chi connectivity index (χ3n) is 3.28. The molecule has 0 bridgehead atoms. The summed E-state index contributed by atoms with van der Waals surface area (Å²) in [4.78, 5) is 15.4. The number of carbonyl (C=O) groups is 1. The molecular weight excluding hydrogens is 315 g/mol. The van der Waals surface area contributed by atoms with Crippen molar-refractivity contribution in [3.8, 4) is 11.5 Å². The number of halogens is 1. The normalized spacial score (nSPS) is 10.7. The SMILES string of the molecule is CC(=O)NCc1ccc(-c2csc(Cc3ccccc3F)n2)o1. The Morgan fingerprint density at radius 3 is 2.91 bits per heavy atom. The predicted molar refractivity (Wildman–Crippen MR) is 86.5 cm³/mol. The van der Waals surface area contributed by atoms with Crippen molar-refractivity contribution >= 4 is 17.2 Å². The predicted octanol–water partition coefficient (Wildman–Crippen LogP) is 3.77. The molecule has 0 saturated carbocycles. The van der Waals surface area contributed by atoms with E-state index in [2.05, 4.69) is 10.3 Å². The maximum absolute atomic E-state index is 13.7. The minimum absolute atomic E-state index is 0.108. The average molecular weight is 330 g/mol. The smallest absolute Gasteiger partial charge is 0.217 e. The molecule has 118 valence electrons. The Labute approximate surface area is 137 Å². The lowest BCUT2D eigenvalue weighted by molar-refractivity contribution is -0.119. The van der Waals surface area contributed by atoms with Crippen molar-refractivity contribution in [3.63, 3.8) is 0 Å². The average Bonchev–Trinajstić information content (AvgIpc) is 3.16. The zero-order valence-electron chi connectivity index (χ0n) is 12.5. The molecule has 0 fully saturated rings. The molecule has 4 nitrogen and oxygen atoms in total.